The van der Waals surface area contributed by atoms with Crippen LogP contribution in [0, 0.1) is 0 Å². The van der Waals surface area contributed by atoms with Gasteiger partial charge in [0, 0.05) is 12.0 Å². The van der Waals surface area contributed by atoms with Crippen molar-refractivity contribution in [3.63, 3.8) is 0 Å². The Morgan fingerprint density at radius 1 is 2.00 bits per heavy atom. The molecule has 0 fully saturated rings. The normalized spacial score (nSPS) is 14.5. The molecule has 0 saturated carbocycles. The second-order valence-corrected chi connectivity index (χ2v) is 2.62. The van der Waals surface area contributed by atoms with Crippen molar-refractivity contribution in [1.29, 1.82) is 0 Å². The lowest BCUT2D eigenvalue weighted by Gasteiger charge is -2.07. The van der Waals surface area contributed by atoms with Crippen LogP contribution < -0.4 is 10.8 Å². The summed E-state index contributed by atoms with van der Waals surface area (Å²) in [6, 6.07) is 0. The average molecular weight is 125 g/mol. The van der Waals surface area contributed by atoms with E-state index in [4.69, 9.17) is 0 Å². The van der Waals surface area contributed by atoms with Gasteiger partial charge in [0.25, 0.3) is 0 Å². The SMILES string of the molecule is [NH3+]C([O-])CSP. The molecule has 0 radical (unpaired) electrons. The molecule has 0 aliphatic heterocycles. The Balaban J connectivity index is 2.63. The summed E-state index contributed by atoms with van der Waals surface area (Å²) in [5, 5.41) is 9.98. The lowest BCUT2D eigenvalue weighted by molar-refractivity contribution is -0.649. The molecule has 4 heteroatoms. The topological polar surface area (TPSA) is 50.7 Å². The lowest BCUT2D eigenvalue weighted by atomic mass is 10.7. The van der Waals surface area contributed by atoms with Crippen LogP contribution in [-0.2, 0) is 0 Å². The van der Waals surface area contributed by atoms with Crippen LogP contribution in [0.4, 0.5) is 0 Å². The van der Waals surface area contributed by atoms with Crippen LogP contribution in [0.25, 0.3) is 0 Å². The minimum atomic E-state index is -0.660. The van der Waals surface area contributed by atoms with Gasteiger partial charge in [0.15, 0.2) is 0 Å². The molecule has 2 unspecified atom stereocenters. The molecule has 0 aliphatic rings. The summed E-state index contributed by atoms with van der Waals surface area (Å²) in [6.45, 7) is 0. The summed E-state index contributed by atoms with van der Waals surface area (Å²) in [6.07, 6.45) is -0.660. The molecule has 2 atom stereocenters. The molecule has 0 bridgehead atoms. The van der Waals surface area contributed by atoms with E-state index < -0.39 is 6.23 Å². The standard InChI is InChI=1S/C2H7NOPS/c3-2(4)1-6-5/h2H,1,3,5H2/q-1/p+1. The van der Waals surface area contributed by atoms with E-state index in [-0.39, 0.29) is 0 Å². The predicted octanol–water partition coefficient (Wildman–Crippen LogP) is -1.56. The van der Waals surface area contributed by atoms with Crippen LogP contribution in [0.2, 0.25) is 0 Å². The summed E-state index contributed by atoms with van der Waals surface area (Å²) in [7, 11) is 2.40. The molecule has 2 nitrogen and oxygen atoms in total. The van der Waals surface area contributed by atoms with Crippen molar-refractivity contribution < 1.29 is 10.8 Å². The Bertz CT molecular complexity index is 34.7. The van der Waals surface area contributed by atoms with Gasteiger partial charge in [-0.2, -0.15) is 0 Å². The Kier molecular flexibility index (Phi) is 4.33. The first-order valence-corrected chi connectivity index (χ1v) is 4.04. The van der Waals surface area contributed by atoms with Gasteiger partial charge in [-0.3, -0.25) is 0 Å². The fraction of sp³-hybridized carbons (Fsp3) is 1.00. The maximum atomic E-state index is 9.98. The van der Waals surface area contributed by atoms with E-state index >= 15 is 0 Å². The van der Waals surface area contributed by atoms with Gasteiger partial charge in [0.05, 0.1) is 0 Å². The van der Waals surface area contributed by atoms with E-state index in [0.29, 0.717) is 5.75 Å². The summed E-state index contributed by atoms with van der Waals surface area (Å²) >= 11 is 1.45. The summed E-state index contributed by atoms with van der Waals surface area (Å²) in [5.74, 6) is 0.588. The van der Waals surface area contributed by atoms with Crippen molar-refractivity contribution in [2.24, 2.45) is 0 Å². The quantitative estimate of drug-likeness (QED) is 0.358. The molecule has 0 aliphatic carbocycles. The maximum absolute atomic E-state index is 9.98. The summed E-state index contributed by atoms with van der Waals surface area (Å²) in [5.41, 5.74) is 3.24. The zero-order valence-corrected chi connectivity index (χ0v) is 5.36. The predicted molar refractivity (Wildman–Crippen MR) is 28.8 cm³/mol. The Hall–Kier alpha value is 0.700. The van der Waals surface area contributed by atoms with E-state index in [1.807, 2.05) is 0 Å². The molecular formula is C2H8NOPS. The molecule has 0 heterocycles. The summed E-state index contributed by atoms with van der Waals surface area (Å²) in [4.78, 5) is 0. The van der Waals surface area contributed by atoms with Crippen LogP contribution in [0.1, 0.15) is 0 Å². The van der Waals surface area contributed by atoms with E-state index in [0.717, 1.165) is 0 Å². The van der Waals surface area contributed by atoms with Gasteiger partial charge in [-0.05, 0) is 0 Å². The molecule has 0 rings (SSSR count). The highest BCUT2D eigenvalue weighted by Crippen LogP contribution is 2.07. The van der Waals surface area contributed by atoms with E-state index in [2.05, 4.69) is 14.2 Å². The van der Waals surface area contributed by atoms with Gasteiger partial charge in [-0.25, -0.2) is 0 Å². The minimum Gasteiger partial charge on any atom is -0.806 e. The Labute approximate surface area is 43.4 Å². The number of hydrogen-bond donors (Lipinski definition) is 1. The van der Waals surface area contributed by atoms with Gasteiger partial charge in [0.2, 0.25) is 0 Å². The molecule has 0 spiro atoms. The molecule has 0 aromatic rings. The van der Waals surface area contributed by atoms with Crippen molar-refractivity contribution in [2.45, 2.75) is 6.23 Å². The average Bonchev–Trinajstić information content (AvgIpc) is 1.35. The first kappa shape index (κ1) is 6.70. The van der Waals surface area contributed by atoms with E-state index in [1.165, 1.54) is 11.4 Å². The summed E-state index contributed by atoms with van der Waals surface area (Å²) < 4.78 is 0. The largest absolute Gasteiger partial charge is 0.806 e. The second-order valence-electron chi connectivity index (χ2n) is 0.955. The molecule has 0 aromatic carbocycles. The molecule has 0 amide bonds. The highest BCUT2D eigenvalue weighted by Gasteiger charge is 1.81. The first-order valence-electron chi connectivity index (χ1n) is 1.58. The number of hydrogen-bond acceptors (Lipinski definition) is 2. The van der Waals surface area contributed by atoms with Crippen molar-refractivity contribution in [3.8, 4) is 0 Å². The molecular weight excluding hydrogens is 117 g/mol. The highest BCUT2D eigenvalue weighted by atomic mass is 32.7. The van der Waals surface area contributed by atoms with Gasteiger partial charge < -0.3 is 10.8 Å². The second kappa shape index (κ2) is 3.88. The number of rotatable bonds is 2. The van der Waals surface area contributed by atoms with Gasteiger partial charge in [-0.1, -0.05) is 8.44 Å². The van der Waals surface area contributed by atoms with E-state index in [1.54, 1.807) is 0 Å². The third kappa shape index (κ3) is 4.70. The zero-order chi connectivity index (χ0) is 4.99. The van der Waals surface area contributed by atoms with Crippen LogP contribution in [0.5, 0.6) is 0 Å². The minimum absolute atomic E-state index is 0.588. The van der Waals surface area contributed by atoms with Gasteiger partial charge >= 0.3 is 0 Å². The van der Waals surface area contributed by atoms with Crippen molar-refractivity contribution >= 4 is 19.8 Å². The molecule has 0 aromatic heterocycles. The highest BCUT2D eigenvalue weighted by molar-refractivity contribution is 8.43. The van der Waals surface area contributed by atoms with Crippen molar-refractivity contribution in [3.05, 3.63) is 0 Å². The van der Waals surface area contributed by atoms with E-state index in [9.17, 15) is 5.11 Å². The Morgan fingerprint density at radius 3 is 2.50 bits per heavy atom. The third-order valence-electron chi connectivity index (χ3n) is 0.282. The molecule has 6 heavy (non-hydrogen) atoms. The van der Waals surface area contributed by atoms with Gasteiger partial charge in [-0.15, -0.1) is 11.4 Å². The third-order valence-corrected chi connectivity index (χ3v) is 1.42. The van der Waals surface area contributed by atoms with Crippen molar-refractivity contribution in [2.75, 3.05) is 5.75 Å². The van der Waals surface area contributed by atoms with Crippen LogP contribution in [0.3, 0.4) is 0 Å². The smallest absolute Gasteiger partial charge is 0.0342 e. The first-order chi connectivity index (χ1) is 2.77. The fourth-order valence-electron chi connectivity index (χ4n) is 0.107. The van der Waals surface area contributed by atoms with Crippen LogP contribution in [-0.4, -0.2) is 12.0 Å². The van der Waals surface area contributed by atoms with Crippen LogP contribution >= 0.6 is 19.8 Å². The molecule has 3 N–H and O–H groups in total. The van der Waals surface area contributed by atoms with Crippen LogP contribution in [0.15, 0.2) is 0 Å². The van der Waals surface area contributed by atoms with Crippen molar-refractivity contribution in [1.82, 2.24) is 0 Å². The monoisotopic (exact) mass is 125 g/mol. The maximum Gasteiger partial charge on any atom is 0.0342 e. The van der Waals surface area contributed by atoms with Gasteiger partial charge in [0.1, 0.15) is 0 Å². The fourth-order valence-corrected chi connectivity index (χ4v) is 0.966. The Morgan fingerprint density at radius 2 is 2.50 bits per heavy atom. The number of quaternary nitrogens is 1. The molecule has 38 valence electrons. The lowest BCUT2D eigenvalue weighted by Crippen LogP contribution is -2.69. The zero-order valence-electron chi connectivity index (χ0n) is 3.39. The molecule has 0 saturated heterocycles.